The van der Waals surface area contributed by atoms with Gasteiger partial charge in [0.1, 0.15) is 18.2 Å². The summed E-state index contributed by atoms with van der Waals surface area (Å²) in [5, 5.41) is 0. The lowest BCUT2D eigenvalue weighted by Gasteiger charge is -2.11. The van der Waals surface area contributed by atoms with Gasteiger partial charge in [0.05, 0.1) is 19.8 Å². The monoisotopic (exact) mass is 212 g/mol. The maximum absolute atomic E-state index is 12.6. The Hall–Kier alpha value is -1.58. The molecule has 0 heterocycles. The minimum absolute atomic E-state index is 0.143. The first-order valence-corrected chi connectivity index (χ1v) is 4.45. The van der Waals surface area contributed by atoms with Crippen molar-refractivity contribution in [3.05, 3.63) is 23.3 Å². The summed E-state index contributed by atoms with van der Waals surface area (Å²) >= 11 is 0. The van der Waals surface area contributed by atoms with Crippen LogP contribution in [0.5, 0.6) is 11.5 Å². The van der Waals surface area contributed by atoms with Gasteiger partial charge in [-0.25, -0.2) is 4.39 Å². The van der Waals surface area contributed by atoms with E-state index in [4.69, 9.17) is 9.47 Å². The number of benzene rings is 1. The number of halogens is 1. The molecule has 0 saturated heterocycles. The second-order valence-corrected chi connectivity index (χ2v) is 3.05. The van der Waals surface area contributed by atoms with Gasteiger partial charge in [-0.1, -0.05) is 0 Å². The number of carbonyl (C=O) groups is 1. The summed E-state index contributed by atoms with van der Waals surface area (Å²) in [5.74, 6) is 0.593. The van der Waals surface area contributed by atoms with Crippen molar-refractivity contribution in [2.45, 2.75) is 13.6 Å². The Morgan fingerprint density at radius 1 is 1.27 bits per heavy atom. The van der Waals surface area contributed by atoms with Crippen molar-refractivity contribution in [1.82, 2.24) is 0 Å². The molecule has 0 radical (unpaired) electrons. The molecule has 82 valence electrons. The van der Waals surface area contributed by atoms with E-state index in [0.29, 0.717) is 22.6 Å². The molecule has 3 nitrogen and oxygen atoms in total. The quantitative estimate of drug-likeness (QED) is 0.719. The van der Waals surface area contributed by atoms with E-state index in [1.807, 2.05) is 0 Å². The number of rotatable bonds is 4. The van der Waals surface area contributed by atoms with Gasteiger partial charge in [-0.15, -0.1) is 0 Å². The molecule has 0 spiro atoms. The third-order valence-corrected chi connectivity index (χ3v) is 2.13. The van der Waals surface area contributed by atoms with Crippen molar-refractivity contribution >= 4 is 5.78 Å². The predicted molar refractivity (Wildman–Crippen MR) is 54.4 cm³/mol. The summed E-state index contributed by atoms with van der Waals surface area (Å²) in [7, 11) is 2.88. The number of alkyl halides is 1. The lowest BCUT2D eigenvalue weighted by atomic mass is 10.1. The number of hydrogen-bond acceptors (Lipinski definition) is 3. The Labute approximate surface area is 87.8 Å². The Balaban J connectivity index is 3.34. The number of hydrogen-bond donors (Lipinski definition) is 0. The Morgan fingerprint density at radius 3 is 2.27 bits per heavy atom. The fourth-order valence-electron chi connectivity index (χ4n) is 1.34. The van der Waals surface area contributed by atoms with Crippen molar-refractivity contribution in [1.29, 1.82) is 0 Å². The average Bonchev–Trinajstić information content (AvgIpc) is 2.26. The molecule has 0 unspecified atom stereocenters. The zero-order valence-electron chi connectivity index (χ0n) is 8.96. The van der Waals surface area contributed by atoms with Gasteiger partial charge in [0.25, 0.3) is 0 Å². The average molecular weight is 212 g/mol. The van der Waals surface area contributed by atoms with Crippen LogP contribution in [0.1, 0.15) is 22.8 Å². The van der Waals surface area contributed by atoms with Crippen LogP contribution in [0.2, 0.25) is 0 Å². The molecule has 0 atom stereocenters. The summed E-state index contributed by atoms with van der Waals surface area (Å²) in [5.41, 5.74) is 0.769. The Kier molecular flexibility index (Phi) is 3.66. The van der Waals surface area contributed by atoms with E-state index >= 15 is 0 Å². The smallest absolute Gasteiger partial charge is 0.163 e. The van der Waals surface area contributed by atoms with Crippen LogP contribution >= 0.6 is 0 Å². The topological polar surface area (TPSA) is 35.5 Å². The predicted octanol–water partition coefficient (Wildman–Crippen LogP) is 2.38. The Morgan fingerprint density at radius 2 is 1.87 bits per heavy atom. The largest absolute Gasteiger partial charge is 0.496 e. The third kappa shape index (κ3) is 2.26. The van der Waals surface area contributed by atoms with Gasteiger partial charge >= 0.3 is 0 Å². The van der Waals surface area contributed by atoms with Gasteiger partial charge in [0.15, 0.2) is 5.78 Å². The zero-order chi connectivity index (χ0) is 11.4. The summed E-state index contributed by atoms with van der Waals surface area (Å²) in [6, 6.07) is 2.98. The molecule has 0 N–H and O–H groups in total. The van der Waals surface area contributed by atoms with Gasteiger partial charge in [0, 0.05) is 5.56 Å². The normalized spacial score (nSPS) is 9.87. The van der Waals surface area contributed by atoms with Crippen molar-refractivity contribution in [3.63, 3.8) is 0 Å². The molecule has 1 rings (SSSR count). The fourth-order valence-corrected chi connectivity index (χ4v) is 1.34. The maximum atomic E-state index is 12.6. The van der Waals surface area contributed by atoms with E-state index in [-0.39, 0.29) is 5.78 Å². The first-order valence-electron chi connectivity index (χ1n) is 4.45. The number of ketones is 1. The molecule has 4 heteroatoms. The van der Waals surface area contributed by atoms with E-state index in [0.717, 1.165) is 0 Å². The van der Waals surface area contributed by atoms with Crippen LogP contribution in [0.25, 0.3) is 0 Å². The number of Topliss-reactive ketones (excluding diaryl/α,β-unsaturated/α-hetero) is 1. The standard InChI is InChI=1S/C11H13FO3/c1-7(13)9-5-10(14-2)8(6-12)4-11(9)15-3/h4-5H,6H2,1-3H3. The van der Waals surface area contributed by atoms with Gasteiger partial charge in [-0.05, 0) is 19.1 Å². The van der Waals surface area contributed by atoms with E-state index in [9.17, 15) is 9.18 Å². The second kappa shape index (κ2) is 4.77. The molecule has 0 aliphatic carbocycles. The zero-order valence-corrected chi connectivity index (χ0v) is 8.96. The highest BCUT2D eigenvalue weighted by molar-refractivity contribution is 5.97. The van der Waals surface area contributed by atoms with E-state index in [1.165, 1.54) is 33.3 Å². The van der Waals surface area contributed by atoms with Crippen molar-refractivity contribution < 1.29 is 18.7 Å². The molecule has 0 fully saturated rings. The van der Waals surface area contributed by atoms with Crippen molar-refractivity contribution in [2.75, 3.05) is 14.2 Å². The SMILES string of the molecule is COc1cc(C(C)=O)c(OC)cc1CF. The number of ether oxygens (including phenoxy) is 2. The molecular formula is C11H13FO3. The molecule has 1 aromatic carbocycles. The molecule has 0 amide bonds. The van der Waals surface area contributed by atoms with Gasteiger partial charge in [-0.2, -0.15) is 0 Å². The van der Waals surface area contributed by atoms with Gasteiger partial charge in [-0.3, -0.25) is 4.79 Å². The first-order chi connectivity index (χ1) is 7.13. The third-order valence-electron chi connectivity index (χ3n) is 2.13. The van der Waals surface area contributed by atoms with Crippen LogP contribution in [-0.4, -0.2) is 20.0 Å². The molecule has 15 heavy (non-hydrogen) atoms. The molecular weight excluding hydrogens is 199 g/mol. The molecule has 0 bridgehead atoms. The molecule has 0 saturated carbocycles. The highest BCUT2D eigenvalue weighted by Gasteiger charge is 2.13. The highest BCUT2D eigenvalue weighted by Crippen LogP contribution is 2.29. The van der Waals surface area contributed by atoms with E-state index in [2.05, 4.69) is 0 Å². The minimum Gasteiger partial charge on any atom is -0.496 e. The van der Waals surface area contributed by atoms with Gasteiger partial charge in [0.2, 0.25) is 0 Å². The first kappa shape index (κ1) is 11.5. The van der Waals surface area contributed by atoms with Crippen LogP contribution in [-0.2, 0) is 6.67 Å². The molecule has 1 aromatic rings. The van der Waals surface area contributed by atoms with E-state index < -0.39 is 6.67 Å². The highest BCUT2D eigenvalue weighted by atomic mass is 19.1. The molecule has 0 aromatic heterocycles. The summed E-state index contributed by atoms with van der Waals surface area (Å²) in [6.07, 6.45) is 0. The second-order valence-electron chi connectivity index (χ2n) is 3.05. The van der Waals surface area contributed by atoms with Crippen LogP contribution in [0.3, 0.4) is 0 Å². The maximum Gasteiger partial charge on any atom is 0.163 e. The van der Waals surface area contributed by atoms with Crippen LogP contribution in [0.15, 0.2) is 12.1 Å². The number of methoxy groups -OCH3 is 2. The number of carbonyl (C=O) groups excluding carboxylic acids is 1. The summed E-state index contributed by atoms with van der Waals surface area (Å²) in [6.45, 7) is 0.768. The van der Waals surface area contributed by atoms with Crippen LogP contribution in [0, 0.1) is 0 Å². The fraction of sp³-hybridized carbons (Fsp3) is 0.364. The van der Waals surface area contributed by atoms with Crippen molar-refractivity contribution in [2.24, 2.45) is 0 Å². The van der Waals surface area contributed by atoms with Crippen LogP contribution < -0.4 is 9.47 Å². The van der Waals surface area contributed by atoms with Crippen molar-refractivity contribution in [3.8, 4) is 11.5 Å². The molecule has 0 aliphatic rings. The summed E-state index contributed by atoms with van der Waals surface area (Å²) < 4.78 is 22.6. The minimum atomic E-state index is -0.655. The lowest BCUT2D eigenvalue weighted by molar-refractivity contribution is 0.101. The van der Waals surface area contributed by atoms with E-state index in [1.54, 1.807) is 0 Å². The van der Waals surface area contributed by atoms with Crippen LogP contribution in [0.4, 0.5) is 4.39 Å². The lowest BCUT2D eigenvalue weighted by Crippen LogP contribution is -2.01. The summed E-state index contributed by atoms with van der Waals surface area (Å²) in [4.78, 5) is 11.3. The Bertz CT molecular complexity index is 374. The molecule has 0 aliphatic heterocycles. The van der Waals surface area contributed by atoms with Gasteiger partial charge < -0.3 is 9.47 Å².